The van der Waals surface area contributed by atoms with Crippen molar-refractivity contribution in [3.8, 4) is 0 Å². The lowest BCUT2D eigenvalue weighted by molar-refractivity contribution is 0.385. The summed E-state index contributed by atoms with van der Waals surface area (Å²) < 4.78 is 0. The number of benzene rings is 2. The molecule has 0 N–H and O–H groups in total. The molecule has 3 rings (SSSR count). The van der Waals surface area contributed by atoms with E-state index in [1.165, 1.54) is 11.1 Å². The van der Waals surface area contributed by atoms with Crippen LogP contribution in [0.15, 0.2) is 60.7 Å². The van der Waals surface area contributed by atoms with Crippen molar-refractivity contribution in [2.45, 2.75) is 17.9 Å². The fraction of sp³-hybridized carbons (Fsp3) is 0.294. The fourth-order valence-corrected chi connectivity index (χ4v) is 3.10. The topological polar surface area (TPSA) is 3.24 Å². The second kappa shape index (κ2) is 4.58. The molecule has 1 heteroatoms. The molecule has 2 aromatic carbocycles. The Kier molecular flexibility index (Phi) is 2.92. The summed E-state index contributed by atoms with van der Waals surface area (Å²) in [5.41, 5.74) is 2.93. The predicted molar refractivity (Wildman–Crippen MR) is 75.8 cm³/mol. The number of hydrogen-bond acceptors (Lipinski definition) is 1. The van der Waals surface area contributed by atoms with E-state index in [9.17, 15) is 0 Å². The summed E-state index contributed by atoms with van der Waals surface area (Å²) >= 11 is 0. The molecule has 0 aliphatic heterocycles. The maximum atomic E-state index is 2.36. The van der Waals surface area contributed by atoms with Crippen LogP contribution in [0.4, 0.5) is 0 Å². The average molecular weight is 237 g/mol. The molecule has 0 radical (unpaired) electrons. The molecule has 1 saturated carbocycles. The molecule has 0 aromatic heterocycles. The Labute approximate surface area is 109 Å². The van der Waals surface area contributed by atoms with E-state index in [-0.39, 0.29) is 0 Å². The van der Waals surface area contributed by atoms with Crippen LogP contribution in [0.2, 0.25) is 0 Å². The third-order valence-corrected chi connectivity index (χ3v) is 3.95. The Morgan fingerprint density at radius 1 is 0.667 bits per heavy atom. The van der Waals surface area contributed by atoms with Crippen LogP contribution in [0.25, 0.3) is 0 Å². The summed E-state index contributed by atoms with van der Waals surface area (Å²) in [5.74, 6) is 1.28. The molecule has 1 aliphatic rings. The molecule has 1 nitrogen and oxygen atoms in total. The minimum absolute atomic E-state index is 0.634. The van der Waals surface area contributed by atoms with Gasteiger partial charge in [0.2, 0.25) is 0 Å². The summed E-state index contributed by atoms with van der Waals surface area (Å²) in [7, 11) is 4.37. The first-order valence-corrected chi connectivity index (χ1v) is 6.55. The summed E-state index contributed by atoms with van der Waals surface area (Å²) in [5, 5.41) is 0. The van der Waals surface area contributed by atoms with E-state index in [2.05, 4.69) is 79.7 Å². The van der Waals surface area contributed by atoms with Gasteiger partial charge in [0, 0.05) is 17.9 Å². The maximum absolute atomic E-state index is 2.36. The molecule has 18 heavy (non-hydrogen) atoms. The van der Waals surface area contributed by atoms with Gasteiger partial charge in [0.1, 0.15) is 0 Å². The van der Waals surface area contributed by atoms with Crippen LogP contribution < -0.4 is 0 Å². The lowest BCUT2D eigenvalue weighted by Crippen LogP contribution is -2.16. The zero-order valence-electron chi connectivity index (χ0n) is 11.0. The van der Waals surface area contributed by atoms with E-state index in [0.717, 1.165) is 0 Å². The van der Waals surface area contributed by atoms with Crippen LogP contribution in [0.3, 0.4) is 0 Å². The number of rotatable bonds is 3. The van der Waals surface area contributed by atoms with Crippen molar-refractivity contribution in [2.75, 3.05) is 14.1 Å². The predicted octanol–water partition coefficient (Wildman–Crippen LogP) is 3.50. The van der Waals surface area contributed by atoms with Crippen LogP contribution in [0, 0.1) is 0 Å². The third kappa shape index (κ3) is 1.95. The van der Waals surface area contributed by atoms with Gasteiger partial charge in [0.05, 0.1) is 0 Å². The fourth-order valence-electron chi connectivity index (χ4n) is 3.10. The molecule has 0 spiro atoms. The first kappa shape index (κ1) is 11.5. The van der Waals surface area contributed by atoms with Gasteiger partial charge in [0.25, 0.3) is 0 Å². The van der Waals surface area contributed by atoms with Crippen molar-refractivity contribution in [3.05, 3.63) is 71.8 Å². The monoisotopic (exact) mass is 237 g/mol. The molecule has 2 atom stereocenters. The van der Waals surface area contributed by atoms with Gasteiger partial charge in [-0.3, -0.25) is 0 Å². The lowest BCUT2D eigenvalue weighted by atomic mass is 10.0. The van der Waals surface area contributed by atoms with Crippen molar-refractivity contribution in [1.82, 2.24) is 4.90 Å². The first-order valence-electron chi connectivity index (χ1n) is 6.55. The molecule has 92 valence electrons. The minimum atomic E-state index is 0.634. The van der Waals surface area contributed by atoms with E-state index in [4.69, 9.17) is 0 Å². The van der Waals surface area contributed by atoms with E-state index >= 15 is 0 Å². The Balaban J connectivity index is 1.91. The minimum Gasteiger partial charge on any atom is -0.305 e. The van der Waals surface area contributed by atoms with Crippen molar-refractivity contribution in [2.24, 2.45) is 0 Å². The maximum Gasteiger partial charge on any atom is 0.0239 e. The summed E-state index contributed by atoms with van der Waals surface area (Å²) in [6.45, 7) is 0. The molecule has 0 amide bonds. The standard InChI is InChI=1S/C17H19N/c1-18(2)17-15(13-9-5-3-6-10-13)16(17)14-11-7-4-8-12-14/h3-12,15-17H,1-2H3/t15-,16-/m1/s1. The molecule has 2 aromatic rings. The Bertz CT molecular complexity index is 458. The van der Waals surface area contributed by atoms with Crippen molar-refractivity contribution < 1.29 is 0 Å². The van der Waals surface area contributed by atoms with Crippen LogP contribution >= 0.6 is 0 Å². The van der Waals surface area contributed by atoms with Gasteiger partial charge in [-0.1, -0.05) is 60.7 Å². The smallest absolute Gasteiger partial charge is 0.0239 e. The van der Waals surface area contributed by atoms with Gasteiger partial charge < -0.3 is 4.90 Å². The van der Waals surface area contributed by atoms with Crippen molar-refractivity contribution >= 4 is 0 Å². The highest BCUT2D eigenvalue weighted by Crippen LogP contribution is 2.56. The van der Waals surface area contributed by atoms with E-state index in [1.54, 1.807) is 0 Å². The zero-order chi connectivity index (χ0) is 12.5. The summed E-state index contributed by atoms with van der Waals surface area (Å²) in [4.78, 5) is 2.36. The van der Waals surface area contributed by atoms with Crippen LogP contribution in [0.1, 0.15) is 23.0 Å². The molecule has 0 bridgehead atoms. The summed E-state index contributed by atoms with van der Waals surface area (Å²) in [6.07, 6.45) is 0. The third-order valence-electron chi connectivity index (χ3n) is 3.95. The largest absolute Gasteiger partial charge is 0.305 e. The van der Waals surface area contributed by atoms with Crippen LogP contribution in [0.5, 0.6) is 0 Å². The Morgan fingerprint density at radius 2 is 1.06 bits per heavy atom. The quantitative estimate of drug-likeness (QED) is 0.789. The second-order valence-electron chi connectivity index (χ2n) is 5.33. The van der Waals surface area contributed by atoms with E-state index < -0.39 is 0 Å². The second-order valence-corrected chi connectivity index (χ2v) is 5.33. The van der Waals surface area contributed by atoms with Crippen LogP contribution in [-0.4, -0.2) is 25.0 Å². The number of likely N-dealkylation sites (N-methyl/N-ethyl adjacent to an activating group) is 1. The first-order chi connectivity index (χ1) is 8.79. The average Bonchev–Trinajstić information content (AvgIpc) is 3.16. The molecule has 0 unspecified atom stereocenters. The Morgan fingerprint density at radius 3 is 1.39 bits per heavy atom. The normalized spacial score (nSPS) is 26.3. The number of hydrogen-bond donors (Lipinski definition) is 0. The lowest BCUT2D eigenvalue weighted by Gasteiger charge is -2.09. The molecule has 1 fully saturated rings. The molecule has 0 saturated heterocycles. The van der Waals surface area contributed by atoms with Gasteiger partial charge in [0.15, 0.2) is 0 Å². The highest BCUT2D eigenvalue weighted by Gasteiger charge is 2.52. The van der Waals surface area contributed by atoms with Gasteiger partial charge >= 0.3 is 0 Å². The number of nitrogens with zero attached hydrogens (tertiary/aromatic N) is 1. The highest BCUT2D eigenvalue weighted by atomic mass is 15.1. The van der Waals surface area contributed by atoms with Gasteiger partial charge in [-0.05, 0) is 25.2 Å². The summed E-state index contributed by atoms with van der Waals surface area (Å²) in [6, 6.07) is 22.4. The molecular formula is C17H19N. The molecular weight excluding hydrogens is 218 g/mol. The van der Waals surface area contributed by atoms with E-state index in [1.807, 2.05) is 0 Å². The van der Waals surface area contributed by atoms with E-state index in [0.29, 0.717) is 17.9 Å². The van der Waals surface area contributed by atoms with Gasteiger partial charge in [-0.25, -0.2) is 0 Å². The van der Waals surface area contributed by atoms with Gasteiger partial charge in [-0.15, -0.1) is 0 Å². The van der Waals surface area contributed by atoms with Crippen molar-refractivity contribution in [3.63, 3.8) is 0 Å². The van der Waals surface area contributed by atoms with Gasteiger partial charge in [-0.2, -0.15) is 0 Å². The van der Waals surface area contributed by atoms with Crippen LogP contribution in [-0.2, 0) is 0 Å². The Hall–Kier alpha value is -1.60. The zero-order valence-corrected chi connectivity index (χ0v) is 11.0. The SMILES string of the molecule is CN(C)C1[C@H](c2ccccc2)[C@H]1c1ccccc1. The molecule has 1 aliphatic carbocycles. The van der Waals surface area contributed by atoms with Crippen molar-refractivity contribution in [1.29, 1.82) is 0 Å². The highest BCUT2D eigenvalue weighted by molar-refractivity contribution is 5.41. The molecule has 0 heterocycles.